The molecular weight excluding hydrogens is 274 g/mol. The summed E-state index contributed by atoms with van der Waals surface area (Å²) in [4.78, 5) is 10.7. The van der Waals surface area contributed by atoms with Gasteiger partial charge in [0, 0.05) is 26.3 Å². The first-order valence-corrected chi connectivity index (χ1v) is 7.22. The van der Waals surface area contributed by atoms with Gasteiger partial charge in [0.05, 0.1) is 6.10 Å². The van der Waals surface area contributed by atoms with Crippen LogP contribution < -0.4 is 0 Å². The number of rotatable bonds is 5. The van der Waals surface area contributed by atoms with E-state index in [1.165, 1.54) is 7.05 Å². The summed E-state index contributed by atoms with van der Waals surface area (Å²) in [6.07, 6.45) is 1.64. The average Bonchev–Trinajstić information content (AvgIpc) is 2.99. The molecule has 0 amide bonds. The number of likely N-dealkylation sites (N-methyl/N-ethyl adjacent to an activating group) is 1. The molecule has 0 saturated carbocycles. The van der Waals surface area contributed by atoms with Gasteiger partial charge in [-0.05, 0) is 12.8 Å². The lowest BCUT2D eigenvalue weighted by atomic mass is 10.2. The van der Waals surface area contributed by atoms with Crippen LogP contribution in [0.25, 0.3) is 0 Å². The van der Waals surface area contributed by atoms with Gasteiger partial charge in [0.1, 0.15) is 0 Å². The lowest BCUT2D eigenvalue weighted by Gasteiger charge is -2.19. The zero-order valence-electron chi connectivity index (χ0n) is 10.4. The number of aromatic carboxylic acids is 1. The number of aromatic nitrogens is 2. The first-order chi connectivity index (χ1) is 8.91. The third-order valence-corrected chi connectivity index (χ3v) is 4.68. The van der Waals surface area contributed by atoms with E-state index in [0.717, 1.165) is 23.2 Å². The van der Waals surface area contributed by atoms with E-state index in [1.54, 1.807) is 0 Å². The maximum atomic E-state index is 12.2. The molecule has 9 heteroatoms. The normalized spacial score (nSPS) is 20.0. The van der Waals surface area contributed by atoms with E-state index in [2.05, 4.69) is 10.2 Å². The van der Waals surface area contributed by atoms with Crippen LogP contribution in [-0.2, 0) is 14.8 Å². The third-order valence-electron chi connectivity index (χ3n) is 2.95. The Kier molecular flexibility index (Phi) is 3.88. The Morgan fingerprint density at radius 2 is 2.42 bits per heavy atom. The number of carboxylic acid groups (broad SMARTS) is 1. The lowest BCUT2D eigenvalue weighted by Crippen LogP contribution is -2.34. The van der Waals surface area contributed by atoms with Gasteiger partial charge in [-0.1, -0.05) is 0 Å². The van der Waals surface area contributed by atoms with Crippen LogP contribution in [0.2, 0.25) is 0 Å². The Labute approximate surface area is 110 Å². The van der Waals surface area contributed by atoms with Gasteiger partial charge >= 0.3 is 5.97 Å². The molecule has 0 aliphatic carbocycles. The number of hydrogen-bond acceptors (Lipinski definition) is 5. The molecule has 1 atom stereocenters. The molecule has 2 heterocycles. The van der Waals surface area contributed by atoms with Crippen molar-refractivity contribution in [1.82, 2.24) is 14.5 Å². The van der Waals surface area contributed by atoms with E-state index < -0.39 is 16.0 Å². The van der Waals surface area contributed by atoms with Crippen LogP contribution in [-0.4, -0.2) is 60.3 Å². The number of hydrogen-bond donors (Lipinski definition) is 2. The number of nitrogens with zero attached hydrogens (tertiary/aromatic N) is 2. The molecule has 2 N–H and O–H groups in total. The molecule has 1 saturated heterocycles. The predicted molar refractivity (Wildman–Crippen MR) is 64.3 cm³/mol. The Bertz CT molecular complexity index is 561. The van der Waals surface area contributed by atoms with Gasteiger partial charge in [0.15, 0.2) is 10.7 Å². The quantitative estimate of drug-likeness (QED) is 0.783. The minimum Gasteiger partial charge on any atom is -0.476 e. The highest BCUT2D eigenvalue weighted by molar-refractivity contribution is 7.89. The van der Waals surface area contributed by atoms with Gasteiger partial charge in [0.25, 0.3) is 10.0 Å². The van der Waals surface area contributed by atoms with Crippen molar-refractivity contribution in [1.29, 1.82) is 0 Å². The summed E-state index contributed by atoms with van der Waals surface area (Å²) in [5.74, 6) is -1.28. The molecule has 1 aromatic heterocycles. The number of carboxylic acids is 1. The number of carbonyl (C=O) groups is 1. The van der Waals surface area contributed by atoms with Gasteiger partial charge in [-0.2, -0.15) is 9.40 Å². The summed E-state index contributed by atoms with van der Waals surface area (Å²) in [6, 6.07) is 1.00. The smallest absolute Gasteiger partial charge is 0.356 e. The fourth-order valence-corrected chi connectivity index (χ4v) is 3.01. The summed E-state index contributed by atoms with van der Waals surface area (Å²) in [6.45, 7) is 0.884. The SMILES string of the molecule is CN(CC1CCCO1)S(=O)(=O)c1cc(C(=O)O)n[nH]1. The zero-order chi connectivity index (χ0) is 14.0. The summed E-state index contributed by atoms with van der Waals surface area (Å²) in [5, 5.41) is 14.2. The molecule has 0 aromatic carbocycles. The monoisotopic (exact) mass is 289 g/mol. The van der Waals surface area contributed by atoms with E-state index >= 15 is 0 Å². The van der Waals surface area contributed by atoms with E-state index in [1.807, 2.05) is 0 Å². The van der Waals surface area contributed by atoms with Crippen molar-refractivity contribution in [2.45, 2.75) is 24.0 Å². The van der Waals surface area contributed by atoms with Crippen molar-refractivity contribution in [2.75, 3.05) is 20.2 Å². The predicted octanol–water partition coefficient (Wildman–Crippen LogP) is -0.0926. The van der Waals surface area contributed by atoms with Crippen molar-refractivity contribution in [3.8, 4) is 0 Å². The summed E-state index contributed by atoms with van der Waals surface area (Å²) in [5.41, 5.74) is -0.330. The highest BCUT2D eigenvalue weighted by Gasteiger charge is 2.28. The molecule has 1 aliphatic rings. The molecule has 1 aliphatic heterocycles. The van der Waals surface area contributed by atoms with Gasteiger partial charge in [-0.15, -0.1) is 0 Å². The largest absolute Gasteiger partial charge is 0.476 e. The van der Waals surface area contributed by atoms with Crippen LogP contribution in [0.5, 0.6) is 0 Å². The van der Waals surface area contributed by atoms with E-state index in [9.17, 15) is 13.2 Å². The van der Waals surface area contributed by atoms with E-state index in [0.29, 0.717) is 6.61 Å². The number of ether oxygens (including phenoxy) is 1. The Morgan fingerprint density at radius 1 is 1.68 bits per heavy atom. The second-order valence-corrected chi connectivity index (χ2v) is 6.36. The third kappa shape index (κ3) is 2.94. The fourth-order valence-electron chi connectivity index (χ4n) is 1.89. The highest BCUT2D eigenvalue weighted by atomic mass is 32.2. The lowest BCUT2D eigenvalue weighted by molar-refractivity contribution is 0.0690. The van der Waals surface area contributed by atoms with Gasteiger partial charge in [0.2, 0.25) is 0 Å². The summed E-state index contributed by atoms with van der Waals surface area (Å²) < 4.78 is 30.8. The molecule has 2 rings (SSSR count). The van der Waals surface area contributed by atoms with Crippen LogP contribution in [0.1, 0.15) is 23.3 Å². The average molecular weight is 289 g/mol. The zero-order valence-corrected chi connectivity index (χ0v) is 11.2. The fraction of sp³-hybridized carbons (Fsp3) is 0.600. The Morgan fingerprint density at radius 3 is 2.95 bits per heavy atom. The molecule has 1 aromatic rings. The van der Waals surface area contributed by atoms with E-state index in [4.69, 9.17) is 9.84 Å². The second kappa shape index (κ2) is 5.27. The van der Waals surface area contributed by atoms with Crippen LogP contribution >= 0.6 is 0 Å². The Balaban J connectivity index is 2.13. The van der Waals surface area contributed by atoms with Crippen molar-refractivity contribution in [3.05, 3.63) is 11.8 Å². The number of aromatic amines is 1. The van der Waals surface area contributed by atoms with Crippen molar-refractivity contribution < 1.29 is 23.1 Å². The first kappa shape index (κ1) is 14.0. The second-order valence-electron chi connectivity index (χ2n) is 4.34. The molecule has 0 radical (unpaired) electrons. The number of nitrogens with one attached hydrogen (secondary N) is 1. The van der Waals surface area contributed by atoms with E-state index in [-0.39, 0.29) is 23.4 Å². The van der Waals surface area contributed by atoms with Crippen LogP contribution in [0, 0.1) is 0 Å². The van der Waals surface area contributed by atoms with Gasteiger partial charge in [-0.3, -0.25) is 5.10 Å². The molecule has 1 unspecified atom stereocenters. The summed E-state index contributed by atoms with van der Waals surface area (Å²) >= 11 is 0. The molecule has 106 valence electrons. The topological polar surface area (TPSA) is 113 Å². The van der Waals surface area contributed by atoms with Gasteiger partial charge in [-0.25, -0.2) is 13.2 Å². The molecule has 8 nitrogen and oxygen atoms in total. The maximum Gasteiger partial charge on any atom is 0.356 e. The maximum absolute atomic E-state index is 12.2. The van der Waals surface area contributed by atoms with Crippen molar-refractivity contribution in [2.24, 2.45) is 0 Å². The van der Waals surface area contributed by atoms with Crippen LogP contribution in [0.15, 0.2) is 11.1 Å². The molecule has 0 bridgehead atoms. The molecule has 1 fully saturated rings. The molecule has 0 spiro atoms. The van der Waals surface area contributed by atoms with Crippen molar-refractivity contribution in [3.63, 3.8) is 0 Å². The van der Waals surface area contributed by atoms with Crippen molar-refractivity contribution >= 4 is 16.0 Å². The van der Waals surface area contributed by atoms with Crippen LogP contribution in [0.3, 0.4) is 0 Å². The Hall–Kier alpha value is -1.45. The summed E-state index contributed by atoms with van der Waals surface area (Å²) in [7, 11) is -2.34. The number of H-pyrrole nitrogens is 1. The standard InChI is InChI=1S/C10H15N3O5S/c1-13(6-7-3-2-4-18-7)19(16,17)9-5-8(10(14)15)11-12-9/h5,7H,2-4,6H2,1H3,(H,11,12)(H,14,15). The molecular formula is C10H15N3O5S. The van der Waals surface area contributed by atoms with Crippen LogP contribution in [0.4, 0.5) is 0 Å². The van der Waals surface area contributed by atoms with Gasteiger partial charge < -0.3 is 9.84 Å². The molecule has 19 heavy (non-hydrogen) atoms. The number of sulfonamides is 1. The highest BCUT2D eigenvalue weighted by Crippen LogP contribution is 2.17. The minimum atomic E-state index is -3.77. The first-order valence-electron chi connectivity index (χ1n) is 5.78. The minimum absolute atomic E-state index is 0.110.